The van der Waals surface area contributed by atoms with Gasteiger partial charge in [0.2, 0.25) is 0 Å². The lowest BCUT2D eigenvalue weighted by molar-refractivity contribution is 0.0649. The number of aromatic amines is 1. The molecule has 5 rings (SSSR count). The molecule has 1 aromatic carbocycles. The van der Waals surface area contributed by atoms with Crippen LogP contribution in [0.25, 0.3) is 11.0 Å². The molecule has 2 aliphatic heterocycles. The van der Waals surface area contributed by atoms with Crippen LogP contribution in [0, 0.1) is 11.3 Å². The van der Waals surface area contributed by atoms with E-state index >= 15 is 0 Å². The van der Waals surface area contributed by atoms with Gasteiger partial charge >= 0.3 is 0 Å². The minimum atomic E-state index is -0.114. The smallest absolute Gasteiger partial charge is 0.290 e. The molecule has 8 nitrogen and oxygen atoms in total. The normalized spacial score (nSPS) is 19.2. The first-order valence-electron chi connectivity index (χ1n) is 10.8. The fraction of sp³-hybridized carbons (Fsp3) is 0.455. The minimum absolute atomic E-state index is 0.0384. The van der Waals surface area contributed by atoms with Gasteiger partial charge in [-0.2, -0.15) is 5.26 Å². The Balaban J connectivity index is 1.30. The van der Waals surface area contributed by atoms with E-state index in [2.05, 4.69) is 32.8 Å². The number of hydrogen-bond donors (Lipinski definition) is 1. The number of anilines is 1. The Labute approximate surface area is 195 Å². The molecule has 0 saturated carbocycles. The van der Waals surface area contributed by atoms with Crippen LogP contribution >= 0.6 is 22.9 Å². The van der Waals surface area contributed by atoms with Crippen LogP contribution in [0.5, 0.6) is 0 Å². The molecule has 3 aromatic rings. The highest BCUT2D eigenvalue weighted by molar-refractivity contribution is 7.15. The predicted molar refractivity (Wildman–Crippen MR) is 125 cm³/mol. The summed E-state index contributed by atoms with van der Waals surface area (Å²) in [6.07, 6.45) is 1.31. The summed E-state index contributed by atoms with van der Waals surface area (Å²) >= 11 is 7.93. The van der Waals surface area contributed by atoms with E-state index in [9.17, 15) is 4.79 Å². The third-order valence-corrected chi connectivity index (χ3v) is 7.67. The molecule has 2 aliphatic rings. The van der Waals surface area contributed by atoms with Gasteiger partial charge in [0.05, 0.1) is 34.4 Å². The van der Waals surface area contributed by atoms with Gasteiger partial charge in [0, 0.05) is 56.5 Å². The van der Waals surface area contributed by atoms with Gasteiger partial charge in [0.25, 0.3) is 5.91 Å². The van der Waals surface area contributed by atoms with Gasteiger partial charge in [-0.25, -0.2) is 9.97 Å². The van der Waals surface area contributed by atoms with Crippen molar-refractivity contribution in [3.63, 3.8) is 0 Å². The predicted octanol–water partition coefficient (Wildman–Crippen LogP) is 3.30. The Hall–Kier alpha value is -2.67. The quantitative estimate of drug-likeness (QED) is 0.630. The molecule has 4 heterocycles. The summed E-state index contributed by atoms with van der Waals surface area (Å²) in [4.78, 5) is 33.4. The number of nitrogens with one attached hydrogen (secondary N) is 1. The van der Waals surface area contributed by atoms with E-state index in [0.717, 1.165) is 54.8 Å². The Kier molecular flexibility index (Phi) is 5.76. The zero-order chi connectivity index (χ0) is 22.2. The second kappa shape index (κ2) is 8.70. The molecule has 10 heteroatoms. The number of hydrogen-bond acceptors (Lipinski definition) is 7. The molecule has 32 heavy (non-hydrogen) atoms. The number of aromatic nitrogens is 3. The topological polar surface area (TPSA) is 92.2 Å². The number of piperazine rings is 1. The molecule has 1 fully saturated rings. The molecule has 1 amide bonds. The van der Waals surface area contributed by atoms with E-state index < -0.39 is 0 Å². The van der Waals surface area contributed by atoms with E-state index in [1.54, 1.807) is 17.4 Å². The highest BCUT2D eigenvalue weighted by atomic mass is 35.5. The molecule has 1 saturated heterocycles. The first-order valence-corrected chi connectivity index (χ1v) is 12.0. The van der Waals surface area contributed by atoms with Crippen LogP contribution in [0.4, 0.5) is 5.13 Å². The molecule has 1 N–H and O–H groups in total. The number of halogens is 1. The monoisotopic (exact) mass is 469 g/mol. The standard InChI is InChI=1S/C22H24ClN7OS/c1-14-12-17-18(32-22(26-17)29-10-8-28(9-11-29)7-3-6-24)13-30(14)21(31)20-25-16-5-2-4-15(23)19(16)27-20/h2,4-5,14H,3,7-13H2,1H3,(H,25,27)/t14-/m1/s1. The number of imidazole rings is 1. The summed E-state index contributed by atoms with van der Waals surface area (Å²) in [5.74, 6) is 0.207. The van der Waals surface area contributed by atoms with E-state index in [1.165, 1.54) is 0 Å². The Morgan fingerprint density at radius 3 is 2.88 bits per heavy atom. The lowest BCUT2D eigenvalue weighted by Gasteiger charge is -2.34. The van der Waals surface area contributed by atoms with Crippen molar-refractivity contribution in [2.75, 3.05) is 37.6 Å². The molecular formula is C22H24ClN7OS. The number of para-hydroxylation sites is 1. The van der Waals surface area contributed by atoms with Crippen molar-refractivity contribution in [3.8, 4) is 6.07 Å². The summed E-state index contributed by atoms with van der Waals surface area (Å²) in [6, 6.07) is 7.72. The van der Waals surface area contributed by atoms with Crippen molar-refractivity contribution >= 4 is 45.0 Å². The van der Waals surface area contributed by atoms with Crippen molar-refractivity contribution in [3.05, 3.63) is 39.6 Å². The third kappa shape index (κ3) is 3.94. The second-order valence-corrected chi connectivity index (χ2v) is 9.78. The fourth-order valence-electron chi connectivity index (χ4n) is 4.37. The minimum Gasteiger partial charge on any atom is -0.346 e. The van der Waals surface area contributed by atoms with Crippen molar-refractivity contribution < 1.29 is 4.79 Å². The zero-order valence-corrected chi connectivity index (χ0v) is 19.4. The summed E-state index contributed by atoms with van der Waals surface area (Å²) in [5, 5.41) is 10.4. The van der Waals surface area contributed by atoms with Gasteiger partial charge in [-0.3, -0.25) is 9.69 Å². The second-order valence-electron chi connectivity index (χ2n) is 8.31. The fourth-order valence-corrected chi connectivity index (χ4v) is 5.72. The number of thiazole rings is 1. The molecule has 0 spiro atoms. The van der Waals surface area contributed by atoms with Gasteiger partial charge < -0.3 is 14.8 Å². The molecule has 0 radical (unpaired) electrons. The molecule has 2 aromatic heterocycles. The summed E-state index contributed by atoms with van der Waals surface area (Å²) in [7, 11) is 0. The van der Waals surface area contributed by atoms with Crippen LogP contribution in [0.2, 0.25) is 5.02 Å². The Morgan fingerprint density at radius 1 is 1.31 bits per heavy atom. The number of benzene rings is 1. The number of H-pyrrole nitrogens is 1. The molecule has 166 valence electrons. The van der Waals surface area contributed by atoms with E-state index in [-0.39, 0.29) is 11.9 Å². The van der Waals surface area contributed by atoms with Crippen LogP contribution in [-0.2, 0) is 13.0 Å². The lowest BCUT2D eigenvalue weighted by Crippen LogP contribution is -2.46. The van der Waals surface area contributed by atoms with Crippen LogP contribution in [0.1, 0.15) is 34.5 Å². The summed E-state index contributed by atoms with van der Waals surface area (Å²) in [6.45, 7) is 7.15. The third-order valence-electron chi connectivity index (χ3n) is 6.22. The van der Waals surface area contributed by atoms with E-state index in [4.69, 9.17) is 21.8 Å². The average Bonchev–Trinajstić information content (AvgIpc) is 3.42. The maximum Gasteiger partial charge on any atom is 0.290 e. The van der Waals surface area contributed by atoms with Crippen LogP contribution in [0.3, 0.4) is 0 Å². The molecular weight excluding hydrogens is 446 g/mol. The van der Waals surface area contributed by atoms with Crippen molar-refractivity contribution in [1.82, 2.24) is 24.8 Å². The van der Waals surface area contributed by atoms with Gasteiger partial charge in [0.15, 0.2) is 11.0 Å². The van der Waals surface area contributed by atoms with Crippen molar-refractivity contribution in [2.45, 2.75) is 32.4 Å². The number of nitrogens with zero attached hydrogens (tertiary/aromatic N) is 6. The SMILES string of the molecule is C[C@@H]1Cc2nc(N3CCN(CCC#N)CC3)sc2CN1C(=O)c1nc2cccc(Cl)c2[nH]1. The maximum absolute atomic E-state index is 13.3. The molecule has 0 aliphatic carbocycles. The van der Waals surface area contributed by atoms with Gasteiger partial charge in [-0.05, 0) is 19.1 Å². The zero-order valence-electron chi connectivity index (χ0n) is 17.8. The number of rotatable bonds is 4. The summed E-state index contributed by atoms with van der Waals surface area (Å²) in [5.41, 5.74) is 2.48. The average molecular weight is 470 g/mol. The number of carbonyl (C=O) groups excluding carboxylic acids is 1. The Morgan fingerprint density at radius 2 is 2.12 bits per heavy atom. The van der Waals surface area contributed by atoms with Crippen molar-refractivity contribution in [2.24, 2.45) is 0 Å². The Bertz CT molecular complexity index is 1190. The van der Waals surface area contributed by atoms with Gasteiger partial charge in [-0.15, -0.1) is 0 Å². The molecule has 1 atom stereocenters. The number of fused-ring (bicyclic) bond motifs is 2. The molecule has 0 unspecified atom stereocenters. The maximum atomic E-state index is 13.3. The van der Waals surface area contributed by atoms with Crippen LogP contribution < -0.4 is 4.90 Å². The number of carbonyl (C=O) groups is 1. The number of nitriles is 1. The number of amides is 1. The van der Waals surface area contributed by atoms with E-state index in [0.29, 0.717) is 34.8 Å². The summed E-state index contributed by atoms with van der Waals surface area (Å²) < 4.78 is 0. The van der Waals surface area contributed by atoms with Gasteiger partial charge in [0.1, 0.15) is 0 Å². The highest BCUT2D eigenvalue weighted by Gasteiger charge is 2.32. The van der Waals surface area contributed by atoms with Gasteiger partial charge in [-0.1, -0.05) is 29.0 Å². The first-order chi connectivity index (χ1) is 15.5. The molecule has 0 bridgehead atoms. The first kappa shape index (κ1) is 21.2. The van der Waals surface area contributed by atoms with Crippen LogP contribution in [-0.4, -0.2) is 69.4 Å². The van der Waals surface area contributed by atoms with E-state index in [1.807, 2.05) is 17.0 Å². The van der Waals surface area contributed by atoms with Crippen molar-refractivity contribution in [1.29, 1.82) is 5.26 Å². The largest absolute Gasteiger partial charge is 0.346 e. The lowest BCUT2D eigenvalue weighted by atomic mass is 10.1. The van der Waals surface area contributed by atoms with Crippen LogP contribution in [0.15, 0.2) is 18.2 Å². The highest BCUT2D eigenvalue weighted by Crippen LogP contribution is 2.34.